The number of carbonyl (C=O) groups excluding carboxylic acids is 1. The maximum absolute atomic E-state index is 11.2. The van der Waals surface area contributed by atoms with E-state index in [2.05, 4.69) is 11.0 Å². The van der Waals surface area contributed by atoms with E-state index in [4.69, 9.17) is 10.5 Å². The molecule has 0 bridgehead atoms. The first-order valence-electron chi connectivity index (χ1n) is 5.97. The summed E-state index contributed by atoms with van der Waals surface area (Å²) in [5.74, 6) is 0.157. The fourth-order valence-electron chi connectivity index (χ4n) is 2.40. The fraction of sp³-hybridized carbons (Fsp3) is 0.583. The molecule has 2 fully saturated rings. The van der Waals surface area contributed by atoms with E-state index in [1.54, 1.807) is 6.92 Å². The smallest absolute Gasteiger partial charge is 0.219 e. The molecule has 5 heteroatoms. The van der Waals surface area contributed by atoms with Crippen LogP contribution in [0.3, 0.4) is 0 Å². The number of fused-ring (bicyclic) bond motifs is 1. The molecule has 0 aromatic carbocycles. The van der Waals surface area contributed by atoms with Gasteiger partial charge in [0.25, 0.3) is 0 Å². The highest BCUT2D eigenvalue weighted by atomic mass is 16.6. The topological polar surface area (TPSA) is 62.1 Å². The summed E-state index contributed by atoms with van der Waals surface area (Å²) in [6.07, 6.45) is 6.05. The van der Waals surface area contributed by atoms with Crippen LogP contribution < -0.4 is 5.73 Å². The molecule has 2 unspecified atom stereocenters. The van der Waals surface area contributed by atoms with Crippen LogP contribution in [0.25, 0.3) is 0 Å². The minimum absolute atomic E-state index is 0.0355. The quantitative estimate of drug-likeness (QED) is 0.631. The Morgan fingerprint density at radius 3 is 2.76 bits per heavy atom. The molecule has 2 N–H and O–H groups in total. The highest BCUT2D eigenvalue weighted by Gasteiger charge is 2.51. The Labute approximate surface area is 100 Å². The number of nitrogens with zero attached hydrogens (tertiary/aromatic N) is 2. The third-order valence-electron chi connectivity index (χ3n) is 3.65. The van der Waals surface area contributed by atoms with Crippen molar-refractivity contribution in [2.75, 3.05) is 26.2 Å². The number of carbonyl (C=O) groups is 1. The van der Waals surface area contributed by atoms with Crippen molar-refractivity contribution in [3.63, 3.8) is 0 Å². The molecule has 1 aliphatic carbocycles. The summed E-state index contributed by atoms with van der Waals surface area (Å²) in [6.45, 7) is 4.95. The Hall–Kier alpha value is -1.33. The largest absolute Gasteiger partial charge is 0.368 e. The number of piperazine rings is 1. The molecule has 0 spiro atoms. The SMILES string of the molecule is CC(=O)N1CCN(C2=CC3OC3(N)C=C2)CC1. The van der Waals surface area contributed by atoms with Crippen molar-refractivity contribution < 1.29 is 9.53 Å². The van der Waals surface area contributed by atoms with Crippen LogP contribution in [0.5, 0.6) is 0 Å². The van der Waals surface area contributed by atoms with Crippen LogP contribution >= 0.6 is 0 Å². The van der Waals surface area contributed by atoms with Gasteiger partial charge in [0, 0.05) is 38.8 Å². The average molecular weight is 235 g/mol. The van der Waals surface area contributed by atoms with Crippen LogP contribution in [-0.4, -0.2) is 53.7 Å². The number of allylic oxidation sites excluding steroid dienone is 1. The van der Waals surface area contributed by atoms with Crippen LogP contribution in [0.15, 0.2) is 23.9 Å². The number of hydrogen-bond acceptors (Lipinski definition) is 4. The Bertz CT molecular complexity index is 410. The van der Waals surface area contributed by atoms with Gasteiger partial charge in [-0.15, -0.1) is 0 Å². The normalized spacial score (nSPS) is 35.4. The Morgan fingerprint density at radius 1 is 1.47 bits per heavy atom. The lowest BCUT2D eigenvalue weighted by Crippen LogP contribution is -2.47. The summed E-state index contributed by atoms with van der Waals surface area (Å²) in [5, 5.41) is 0. The zero-order valence-electron chi connectivity index (χ0n) is 9.93. The highest BCUT2D eigenvalue weighted by molar-refractivity contribution is 5.73. The van der Waals surface area contributed by atoms with E-state index in [-0.39, 0.29) is 12.0 Å². The summed E-state index contributed by atoms with van der Waals surface area (Å²) in [4.78, 5) is 15.4. The summed E-state index contributed by atoms with van der Waals surface area (Å²) in [5.41, 5.74) is 6.51. The van der Waals surface area contributed by atoms with Crippen LogP contribution in [0, 0.1) is 0 Å². The third kappa shape index (κ3) is 1.85. The maximum atomic E-state index is 11.2. The number of hydrogen-bond donors (Lipinski definition) is 1. The number of ether oxygens (including phenoxy) is 1. The van der Waals surface area contributed by atoms with E-state index in [1.165, 1.54) is 0 Å². The van der Waals surface area contributed by atoms with Crippen LogP contribution in [-0.2, 0) is 9.53 Å². The number of epoxide rings is 1. The lowest BCUT2D eigenvalue weighted by Gasteiger charge is -2.36. The maximum Gasteiger partial charge on any atom is 0.219 e. The predicted molar refractivity (Wildman–Crippen MR) is 62.8 cm³/mol. The number of rotatable bonds is 1. The van der Waals surface area contributed by atoms with Gasteiger partial charge in [-0.25, -0.2) is 0 Å². The van der Waals surface area contributed by atoms with Crippen molar-refractivity contribution in [3.8, 4) is 0 Å². The molecule has 0 radical (unpaired) electrons. The summed E-state index contributed by atoms with van der Waals surface area (Å²) in [6, 6.07) is 0. The molecular formula is C12H17N3O2. The van der Waals surface area contributed by atoms with Gasteiger partial charge in [-0.05, 0) is 18.2 Å². The molecule has 0 aromatic heterocycles. The molecule has 2 saturated heterocycles. The lowest BCUT2D eigenvalue weighted by molar-refractivity contribution is -0.130. The molecule has 2 aliphatic heterocycles. The van der Waals surface area contributed by atoms with Gasteiger partial charge in [-0.1, -0.05) is 0 Å². The van der Waals surface area contributed by atoms with Crippen molar-refractivity contribution in [1.29, 1.82) is 0 Å². The Balaban J connectivity index is 1.63. The van der Waals surface area contributed by atoms with E-state index in [0.717, 1.165) is 31.9 Å². The molecule has 2 heterocycles. The van der Waals surface area contributed by atoms with E-state index < -0.39 is 5.72 Å². The van der Waals surface area contributed by atoms with Gasteiger partial charge in [0.2, 0.25) is 5.91 Å². The van der Waals surface area contributed by atoms with Crippen molar-refractivity contribution in [2.45, 2.75) is 18.8 Å². The zero-order chi connectivity index (χ0) is 12.0. The second-order valence-electron chi connectivity index (χ2n) is 4.81. The molecule has 2 atom stereocenters. The first-order valence-corrected chi connectivity index (χ1v) is 5.97. The van der Waals surface area contributed by atoms with Crippen LogP contribution in [0.4, 0.5) is 0 Å². The molecule has 5 nitrogen and oxygen atoms in total. The fourth-order valence-corrected chi connectivity index (χ4v) is 2.40. The van der Waals surface area contributed by atoms with Gasteiger partial charge in [0.15, 0.2) is 5.72 Å². The third-order valence-corrected chi connectivity index (χ3v) is 3.65. The van der Waals surface area contributed by atoms with Gasteiger partial charge >= 0.3 is 0 Å². The molecule has 0 saturated carbocycles. The molecule has 92 valence electrons. The van der Waals surface area contributed by atoms with Crippen LogP contribution in [0.1, 0.15) is 6.92 Å². The van der Waals surface area contributed by atoms with Gasteiger partial charge in [-0.2, -0.15) is 0 Å². The molecule has 17 heavy (non-hydrogen) atoms. The standard InChI is InChI=1S/C12H17N3O2/c1-9(16)14-4-6-15(7-5-14)10-2-3-12(13)11(8-10)17-12/h2-3,8,11H,4-7,13H2,1H3. The summed E-state index contributed by atoms with van der Waals surface area (Å²) >= 11 is 0. The van der Waals surface area contributed by atoms with E-state index in [1.807, 2.05) is 17.1 Å². The monoisotopic (exact) mass is 235 g/mol. The van der Waals surface area contributed by atoms with E-state index in [9.17, 15) is 4.79 Å². The van der Waals surface area contributed by atoms with E-state index >= 15 is 0 Å². The molecule has 1 amide bonds. The summed E-state index contributed by atoms with van der Waals surface area (Å²) in [7, 11) is 0. The number of nitrogens with two attached hydrogens (primary N) is 1. The van der Waals surface area contributed by atoms with Crippen molar-refractivity contribution in [1.82, 2.24) is 9.80 Å². The van der Waals surface area contributed by atoms with Gasteiger partial charge in [0.1, 0.15) is 6.10 Å². The lowest BCUT2D eigenvalue weighted by atomic mass is 10.1. The van der Waals surface area contributed by atoms with Gasteiger partial charge in [-0.3, -0.25) is 10.5 Å². The average Bonchev–Trinajstić information content (AvgIpc) is 2.99. The van der Waals surface area contributed by atoms with Gasteiger partial charge in [0.05, 0.1) is 0 Å². The second-order valence-corrected chi connectivity index (χ2v) is 4.81. The Morgan fingerprint density at radius 2 is 2.18 bits per heavy atom. The van der Waals surface area contributed by atoms with Gasteiger partial charge < -0.3 is 14.5 Å². The zero-order valence-corrected chi connectivity index (χ0v) is 9.93. The molecule has 3 rings (SSSR count). The van der Waals surface area contributed by atoms with Crippen molar-refractivity contribution in [2.24, 2.45) is 5.73 Å². The molecule has 3 aliphatic rings. The second kappa shape index (κ2) is 3.58. The number of amides is 1. The highest BCUT2D eigenvalue weighted by Crippen LogP contribution is 2.38. The molecular weight excluding hydrogens is 218 g/mol. The summed E-state index contributed by atoms with van der Waals surface area (Å²) < 4.78 is 5.37. The minimum atomic E-state index is -0.537. The minimum Gasteiger partial charge on any atom is -0.368 e. The van der Waals surface area contributed by atoms with Crippen molar-refractivity contribution in [3.05, 3.63) is 23.9 Å². The first kappa shape index (κ1) is 10.8. The first-order chi connectivity index (χ1) is 8.08. The Kier molecular flexibility index (Phi) is 2.27. The van der Waals surface area contributed by atoms with Crippen molar-refractivity contribution >= 4 is 5.91 Å². The van der Waals surface area contributed by atoms with E-state index in [0.29, 0.717) is 0 Å². The van der Waals surface area contributed by atoms with Crippen LogP contribution in [0.2, 0.25) is 0 Å². The predicted octanol–water partition coefficient (Wildman–Crippen LogP) is -0.342. The molecule has 0 aromatic rings.